The third-order valence-electron chi connectivity index (χ3n) is 4.91. The van der Waals surface area contributed by atoms with Crippen molar-refractivity contribution < 1.29 is 14.4 Å². The number of halogens is 1. The third-order valence-corrected chi connectivity index (χ3v) is 5.32. The first-order chi connectivity index (χ1) is 12.9. The van der Waals surface area contributed by atoms with Crippen molar-refractivity contribution in [3.63, 3.8) is 0 Å². The summed E-state index contributed by atoms with van der Waals surface area (Å²) in [7, 11) is 0. The van der Waals surface area contributed by atoms with Crippen molar-refractivity contribution in [3.8, 4) is 0 Å². The predicted molar refractivity (Wildman–Crippen MR) is 103 cm³/mol. The molecule has 2 aliphatic rings. The van der Waals surface area contributed by atoms with Crippen LogP contribution in [0.2, 0.25) is 5.02 Å². The minimum atomic E-state index is -0.923. The molecule has 2 heterocycles. The Morgan fingerprint density at radius 1 is 1.04 bits per heavy atom. The maximum absolute atomic E-state index is 13.2. The van der Waals surface area contributed by atoms with Crippen molar-refractivity contribution in [3.05, 3.63) is 59.1 Å². The highest BCUT2D eigenvalue weighted by Crippen LogP contribution is 2.39. The second-order valence-corrected chi connectivity index (χ2v) is 6.95. The largest absolute Gasteiger partial charge is 0.293 e. The highest BCUT2D eigenvalue weighted by Gasteiger charge is 2.58. The summed E-state index contributed by atoms with van der Waals surface area (Å²) in [6, 6.07) is 13.1. The smallest absolute Gasteiger partial charge is 0.259 e. The van der Waals surface area contributed by atoms with Crippen LogP contribution in [0, 0.1) is 12.8 Å². The molecule has 0 bridgehead atoms. The van der Waals surface area contributed by atoms with Gasteiger partial charge in [-0.3, -0.25) is 19.4 Å². The van der Waals surface area contributed by atoms with Crippen LogP contribution in [0.4, 0.5) is 11.4 Å². The number of rotatable bonds is 3. The Morgan fingerprint density at radius 3 is 2.41 bits per heavy atom. The highest BCUT2D eigenvalue weighted by molar-refractivity contribution is 6.49. The van der Waals surface area contributed by atoms with Crippen molar-refractivity contribution in [1.82, 2.24) is 0 Å². The van der Waals surface area contributed by atoms with E-state index < -0.39 is 23.8 Å². The van der Waals surface area contributed by atoms with Gasteiger partial charge in [0.05, 0.1) is 11.4 Å². The first-order valence-electron chi connectivity index (χ1n) is 8.48. The summed E-state index contributed by atoms with van der Waals surface area (Å²) in [6.45, 7) is 3.16. The van der Waals surface area contributed by atoms with Gasteiger partial charge in [0.25, 0.3) is 5.91 Å². The van der Waals surface area contributed by atoms with E-state index in [2.05, 4.69) is 5.10 Å². The molecule has 7 heteroatoms. The molecule has 0 saturated carbocycles. The number of imide groups is 1. The number of hydrazone groups is 1. The van der Waals surface area contributed by atoms with Crippen LogP contribution in [-0.4, -0.2) is 29.4 Å². The molecule has 4 rings (SSSR count). The van der Waals surface area contributed by atoms with Crippen molar-refractivity contribution in [2.24, 2.45) is 11.0 Å². The first-order valence-corrected chi connectivity index (χ1v) is 8.86. The van der Waals surface area contributed by atoms with Crippen LogP contribution in [0.15, 0.2) is 53.6 Å². The number of fused-ring (bicyclic) bond motifs is 1. The third kappa shape index (κ3) is 2.56. The number of carbonyl (C=O) groups is 3. The lowest BCUT2D eigenvalue weighted by Crippen LogP contribution is -2.39. The summed E-state index contributed by atoms with van der Waals surface area (Å²) in [6.07, 6.45) is 0. The van der Waals surface area contributed by atoms with E-state index in [4.69, 9.17) is 11.6 Å². The average molecular weight is 382 g/mol. The number of para-hydroxylation sites is 1. The van der Waals surface area contributed by atoms with Crippen molar-refractivity contribution in [2.75, 3.05) is 9.91 Å². The fourth-order valence-electron chi connectivity index (χ4n) is 3.58. The number of anilines is 2. The summed E-state index contributed by atoms with van der Waals surface area (Å²) in [4.78, 5) is 39.5. The van der Waals surface area contributed by atoms with Crippen LogP contribution in [0.5, 0.6) is 0 Å². The van der Waals surface area contributed by atoms with Crippen LogP contribution < -0.4 is 9.91 Å². The molecule has 6 nitrogen and oxygen atoms in total. The average Bonchev–Trinajstić information content (AvgIpc) is 3.16. The molecule has 0 spiro atoms. The van der Waals surface area contributed by atoms with Gasteiger partial charge in [-0.1, -0.05) is 35.9 Å². The van der Waals surface area contributed by atoms with Crippen molar-refractivity contribution in [1.29, 1.82) is 0 Å². The molecule has 0 aliphatic carbocycles. The number of nitrogens with zero attached hydrogens (tertiary/aromatic N) is 3. The number of hydrogen-bond donors (Lipinski definition) is 0. The highest BCUT2D eigenvalue weighted by atomic mass is 35.5. The maximum Gasteiger partial charge on any atom is 0.259 e. The lowest BCUT2D eigenvalue weighted by atomic mass is 9.95. The van der Waals surface area contributed by atoms with E-state index in [-0.39, 0.29) is 11.5 Å². The molecule has 1 saturated heterocycles. The fraction of sp³-hybridized carbons (Fsp3) is 0.200. The molecule has 0 aromatic heterocycles. The van der Waals surface area contributed by atoms with Gasteiger partial charge in [-0.05, 0) is 36.8 Å². The van der Waals surface area contributed by atoms with E-state index >= 15 is 0 Å². The molecule has 0 radical (unpaired) electrons. The van der Waals surface area contributed by atoms with Gasteiger partial charge in [0.2, 0.25) is 5.91 Å². The van der Waals surface area contributed by atoms with Gasteiger partial charge in [-0.25, -0.2) is 4.90 Å². The number of benzene rings is 2. The minimum absolute atomic E-state index is 0.0937. The normalized spacial score (nSPS) is 21.5. The van der Waals surface area contributed by atoms with E-state index in [0.717, 1.165) is 10.5 Å². The Bertz CT molecular complexity index is 1000. The summed E-state index contributed by atoms with van der Waals surface area (Å²) in [5.41, 5.74) is 1.90. The van der Waals surface area contributed by atoms with Gasteiger partial charge in [-0.2, -0.15) is 5.10 Å². The second kappa shape index (κ2) is 6.32. The molecule has 2 unspecified atom stereocenters. The van der Waals surface area contributed by atoms with Crippen molar-refractivity contribution in [2.45, 2.75) is 19.9 Å². The molecule has 0 N–H and O–H groups in total. The molecule has 27 heavy (non-hydrogen) atoms. The monoisotopic (exact) mass is 381 g/mol. The van der Waals surface area contributed by atoms with E-state index in [1.165, 1.54) is 11.9 Å². The summed E-state index contributed by atoms with van der Waals surface area (Å²) < 4.78 is 0. The quantitative estimate of drug-likeness (QED) is 0.766. The zero-order valence-corrected chi connectivity index (χ0v) is 15.5. The number of amides is 2. The van der Waals surface area contributed by atoms with Crippen LogP contribution in [0.3, 0.4) is 0 Å². The minimum Gasteiger partial charge on any atom is -0.293 e. The number of Topliss-reactive ketones (excluding diaryl/α,β-unsaturated/α-hetero) is 1. The molecule has 2 aliphatic heterocycles. The summed E-state index contributed by atoms with van der Waals surface area (Å²) >= 11 is 6.22. The van der Waals surface area contributed by atoms with Crippen LogP contribution in [0.1, 0.15) is 12.5 Å². The maximum atomic E-state index is 13.2. The van der Waals surface area contributed by atoms with Crippen molar-refractivity contribution >= 4 is 46.3 Å². The Labute approximate surface area is 161 Å². The lowest BCUT2D eigenvalue weighted by Gasteiger charge is -2.24. The number of carbonyl (C=O) groups excluding carboxylic acids is 3. The van der Waals surface area contributed by atoms with Gasteiger partial charge in [0.1, 0.15) is 17.7 Å². The molecule has 1 fully saturated rings. The van der Waals surface area contributed by atoms with Gasteiger partial charge in [0, 0.05) is 11.9 Å². The molecular formula is C20H16ClN3O3. The Balaban J connectivity index is 1.85. The fourth-order valence-corrected chi connectivity index (χ4v) is 3.75. The molecule has 2 amide bonds. The molecule has 2 aromatic carbocycles. The molecular weight excluding hydrogens is 366 g/mol. The Morgan fingerprint density at radius 2 is 1.74 bits per heavy atom. The SMILES string of the molecule is CC(=O)C1=NN(c2cccc(Cl)c2C)C2C(=O)N(c3ccccc3)C(=O)C12. The van der Waals surface area contributed by atoms with Gasteiger partial charge in [-0.15, -0.1) is 0 Å². The summed E-state index contributed by atoms with van der Waals surface area (Å²) in [5, 5.41) is 6.33. The zero-order valence-electron chi connectivity index (χ0n) is 14.7. The van der Waals surface area contributed by atoms with E-state index in [1.807, 2.05) is 6.92 Å². The summed E-state index contributed by atoms with van der Waals surface area (Å²) in [5.74, 6) is -2.10. The standard InChI is InChI=1S/C20H16ClN3O3/c1-11-14(21)9-6-10-15(11)24-18-16(17(22-24)12(2)25)19(26)23(20(18)27)13-7-4-3-5-8-13/h3-10,16,18H,1-2H3. The van der Waals surface area contributed by atoms with Gasteiger partial charge >= 0.3 is 0 Å². The molecule has 2 atom stereocenters. The van der Waals surface area contributed by atoms with E-state index in [1.54, 1.807) is 48.5 Å². The Hall–Kier alpha value is -2.99. The lowest BCUT2D eigenvalue weighted by molar-refractivity contribution is -0.122. The zero-order chi connectivity index (χ0) is 19.3. The van der Waals surface area contributed by atoms with Crippen LogP contribution >= 0.6 is 11.6 Å². The molecule has 2 aromatic rings. The predicted octanol–water partition coefficient (Wildman–Crippen LogP) is 2.97. The van der Waals surface area contributed by atoms with E-state index in [0.29, 0.717) is 16.4 Å². The number of ketones is 1. The topological polar surface area (TPSA) is 70.1 Å². The van der Waals surface area contributed by atoms with Gasteiger partial charge < -0.3 is 0 Å². The van der Waals surface area contributed by atoms with Crippen LogP contribution in [-0.2, 0) is 14.4 Å². The Kier molecular flexibility index (Phi) is 4.08. The molecule has 136 valence electrons. The first kappa shape index (κ1) is 17.4. The number of hydrogen-bond acceptors (Lipinski definition) is 5. The van der Waals surface area contributed by atoms with E-state index in [9.17, 15) is 14.4 Å². The second-order valence-electron chi connectivity index (χ2n) is 6.54. The van der Waals surface area contributed by atoms with Crippen LogP contribution in [0.25, 0.3) is 0 Å². The van der Waals surface area contributed by atoms with Gasteiger partial charge in [0.15, 0.2) is 5.78 Å².